The first-order valence-electron chi connectivity index (χ1n) is 6.46. The molecule has 0 aliphatic rings. The molecule has 0 aliphatic heterocycles. The van der Waals surface area contributed by atoms with E-state index in [1.165, 1.54) is 0 Å². The molecule has 0 spiro atoms. The van der Waals surface area contributed by atoms with Crippen LogP contribution in [-0.2, 0) is 16.4 Å². The van der Waals surface area contributed by atoms with Gasteiger partial charge in [0.2, 0.25) is 0 Å². The molecule has 0 saturated carbocycles. The number of aryl methyl sites for hydroxylation is 1. The molecule has 20 heavy (non-hydrogen) atoms. The maximum Gasteiger partial charge on any atom is 0.156 e. The molecule has 1 aromatic carbocycles. The van der Waals surface area contributed by atoms with Crippen molar-refractivity contribution in [3.05, 3.63) is 36.0 Å². The lowest BCUT2D eigenvalue weighted by molar-refractivity contribution is 0.555. The number of benzene rings is 1. The number of hydrogen-bond donors (Lipinski definition) is 0. The third-order valence-electron chi connectivity index (χ3n) is 3.44. The van der Waals surface area contributed by atoms with Gasteiger partial charge < -0.3 is 4.57 Å². The first-order chi connectivity index (χ1) is 9.24. The van der Waals surface area contributed by atoms with Crippen molar-refractivity contribution >= 4 is 20.7 Å². The van der Waals surface area contributed by atoms with Crippen LogP contribution in [0.3, 0.4) is 0 Å². The number of hydrogen-bond acceptors (Lipinski definition) is 3. The molecule has 0 fully saturated rings. The number of rotatable bonds is 3. The molecular formula is C15H18N2O2S. The second-order valence-corrected chi connectivity index (χ2v) is 8.69. The van der Waals surface area contributed by atoms with E-state index < -0.39 is 14.6 Å². The van der Waals surface area contributed by atoms with Crippen molar-refractivity contribution in [2.24, 2.45) is 0 Å². The van der Waals surface area contributed by atoms with Gasteiger partial charge in [0.25, 0.3) is 0 Å². The second kappa shape index (κ2) is 4.95. The fourth-order valence-corrected chi connectivity index (χ4v) is 3.02. The Labute approximate surface area is 119 Å². The molecule has 1 aromatic heterocycles. The van der Waals surface area contributed by atoms with Crippen molar-refractivity contribution in [2.75, 3.05) is 5.75 Å². The van der Waals surface area contributed by atoms with Crippen LogP contribution in [0, 0.1) is 11.3 Å². The molecule has 0 saturated heterocycles. The lowest BCUT2D eigenvalue weighted by Gasteiger charge is -2.19. The fraction of sp³-hybridized carbons (Fsp3) is 0.400. The minimum absolute atomic E-state index is 0.0943. The van der Waals surface area contributed by atoms with Crippen LogP contribution in [0.1, 0.15) is 26.3 Å². The van der Waals surface area contributed by atoms with Crippen LogP contribution in [0.2, 0.25) is 0 Å². The van der Waals surface area contributed by atoms with E-state index in [0.717, 1.165) is 10.9 Å². The first-order valence-corrected chi connectivity index (χ1v) is 8.11. The van der Waals surface area contributed by atoms with E-state index in [9.17, 15) is 8.42 Å². The molecule has 1 heterocycles. The van der Waals surface area contributed by atoms with Crippen molar-refractivity contribution in [3.63, 3.8) is 0 Å². The highest BCUT2D eigenvalue weighted by atomic mass is 32.2. The van der Waals surface area contributed by atoms with Gasteiger partial charge in [-0.15, -0.1) is 0 Å². The molecule has 0 amide bonds. The lowest BCUT2D eigenvalue weighted by atomic mass is 10.2. The Morgan fingerprint density at radius 2 is 1.95 bits per heavy atom. The Kier molecular flexibility index (Phi) is 3.61. The van der Waals surface area contributed by atoms with Crippen molar-refractivity contribution in [1.29, 1.82) is 5.26 Å². The molecule has 0 aliphatic carbocycles. The van der Waals surface area contributed by atoms with Crippen molar-refractivity contribution in [1.82, 2.24) is 4.57 Å². The minimum atomic E-state index is -3.14. The standard InChI is InChI=1S/C15H18N2O2S/c1-15(2,3)20(18,19)9-8-17-7-6-13-5-4-12(11-16)10-14(13)17/h4-7,10H,8-9H2,1-3H3. The molecule has 106 valence electrons. The average Bonchev–Trinajstić information content (AvgIpc) is 2.77. The minimum Gasteiger partial charge on any atom is -0.346 e. The Balaban J connectivity index is 2.30. The van der Waals surface area contributed by atoms with Gasteiger partial charge in [-0.3, -0.25) is 0 Å². The maximum atomic E-state index is 12.1. The van der Waals surface area contributed by atoms with Crippen molar-refractivity contribution in [2.45, 2.75) is 32.1 Å². The van der Waals surface area contributed by atoms with E-state index in [2.05, 4.69) is 6.07 Å². The van der Waals surface area contributed by atoms with Crippen molar-refractivity contribution in [3.8, 4) is 6.07 Å². The molecule has 0 N–H and O–H groups in total. The predicted molar refractivity (Wildman–Crippen MR) is 80.2 cm³/mol. The predicted octanol–water partition coefficient (Wildman–Crippen LogP) is 2.73. The topological polar surface area (TPSA) is 62.9 Å². The van der Waals surface area contributed by atoms with Gasteiger partial charge in [-0.05, 0) is 44.4 Å². The second-order valence-electron chi connectivity index (χ2n) is 5.83. The summed E-state index contributed by atoms with van der Waals surface area (Å²) in [5.41, 5.74) is 1.48. The Morgan fingerprint density at radius 3 is 2.55 bits per heavy atom. The highest BCUT2D eigenvalue weighted by Gasteiger charge is 2.28. The molecule has 2 rings (SSSR count). The molecule has 0 atom stereocenters. The fourth-order valence-electron chi connectivity index (χ4n) is 1.97. The molecule has 0 bridgehead atoms. The van der Waals surface area contributed by atoms with Gasteiger partial charge in [-0.25, -0.2) is 8.42 Å². The summed E-state index contributed by atoms with van der Waals surface area (Å²) in [7, 11) is -3.14. The summed E-state index contributed by atoms with van der Waals surface area (Å²) in [5, 5.41) is 9.95. The molecule has 2 aromatic rings. The van der Waals surface area contributed by atoms with Crippen LogP contribution >= 0.6 is 0 Å². The number of nitrogens with zero attached hydrogens (tertiary/aromatic N) is 2. The molecule has 0 radical (unpaired) electrons. The van der Waals surface area contributed by atoms with Gasteiger partial charge in [0.1, 0.15) is 0 Å². The smallest absolute Gasteiger partial charge is 0.156 e. The maximum absolute atomic E-state index is 12.1. The highest BCUT2D eigenvalue weighted by molar-refractivity contribution is 7.92. The summed E-state index contributed by atoms with van der Waals surface area (Å²) in [6.45, 7) is 5.54. The Hall–Kier alpha value is -1.80. The average molecular weight is 290 g/mol. The van der Waals surface area contributed by atoms with Gasteiger partial charge in [0.05, 0.1) is 22.1 Å². The monoisotopic (exact) mass is 290 g/mol. The van der Waals surface area contributed by atoms with Crippen LogP contribution in [0.15, 0.2) is 30.5 Å². The summed E-state index contributed by atoms with van der Waals surface area (Å²) in [6, 6.07) is 9.46. The van der Waals surface area contributed by atoms with Crippen LogP contribution in [0.4, 0.5) is 0 Å². The van der Waals surface area contributed by atoms with E-state index in [0.29, 0.717) is 12.1 Å². The van der Waals surface area contributed by atoms with Crippen LogP contribution < -0.4 is 0 Å². The van der Waals surface area contributed by atoms with Gasteiger partial charge in [0, 0.05) is 18.3 Å². The molecule has 0 unspecified atom stereocenters. The van der Waals surface area contributed by atoms with E-state index in [1.807, 2.05) is 22.9 Å². The quantitative estimate of drug-likeness (QED) is 0.873. The lowest BCUT2D eigenvalue weighted by Crippen LogP contribution is -2.31. The number of sulfone groups is 1. The largest absolute Gasteiger partial charge is 0.346 e. The van der Waals surface area contributed by atoms with Gasteiger partial charge >= 0.3 is 0 Å². The molecule has 5 heteroatoms. The van der Waals surface area contributed by atoms with E-state index in [1.54, 1.807) is 32.9 Å². The third kappa shape index (κ3) is 2.70. The highest BCUT2D eigenvalue weighted by Crippen LogP contribution is 2.20. The van der Waals surface area contributed by atoms with Gasteiger partial charge in [-0.1, -0.05) is 6.07 Å². The van der Waals surface area contributed by atoms with Crippen LogP contribution in [0.5, 0.6) is 0 Å². The van der Waals surface area contributed by atoms with Gasteiger partial charge in [0.15, 0.2) is 9.84 Å². The van der Waals surface area contributed by atoms with E-state index in [4.69, 9.17) is 5.26 Å². The normalized spacial score (nSPS) is 12.5. The zero-order valence-electron chi connectivity index (χ0n) is 11.9. The summed E-state index contributed by atoms with van der Waals surface area (Å²) in [5.74, 6) is 0.0943. The Morgan fingerprint density at radius 1 is 1.25 bits per heavy atom. The third-order valence-corrected chi connectivity index (χ3v) is 6.02. The summed E-state index contributed by atoms with van der Waals surface area (Å²) in [4.78, 5) is 0. The number of fused-ring (bicyclic) bond motifs is 1. The summed E-state index contributed by atoms with van der Waals surface area (Å²) in [6.07, 6.45) is 1.87. The van der Waals surface area contributed by atoms with E-state index >= 15 is 0 Å². The van der Waals surface area contributed by atoms with E-state index in [-0.39, 0.29) is 5.75 Å². The van der Waals surface area contributed by atoms with Crippen molar-refractivity contribution < 1.29 is 8.42 Å². The Bertz CT molecular complexity index is 774. The summed E-state index contributed by atoms with van der Waals surface area (Å²) < 4.78 is 25.4. The molecular weight excluding hydrogens is 272 g/mol. The zero-order chi connectivity index (χ0) is 15.0. The number of aromatic nitrogens is 1. The number of nitriles is 1. The van der Waals surface area contributed by atoms with Crippen LogP contribution in [-0.4, -0.2) is 23.5 Å². The van der Waals surface area contributed by atoms with Crippen LogP contribution in [0.25, 0.3) is 10.9 Å². The molecule has 4 nitrogen and oxygen atoms in total. The SMILES string of the molecule is CC(C)(C)S(=O)(=O)CCn1ccc2ccc(C#N)cc21. The van der Waals surface area contributed by atoms with Gasteiger partial charge in [-0.2, -0.15) is 5.26 Å². The summed E-state index contributed by atoms with van der Waals surface area (Å²) >= 11 is 0. The zero-order valence-corrected chi connectivity index (χ0v) is 12.7. The first kappa shape index (κ1) is 14.6.